The van der Waals surface area contributed by atoms with Crippen molar-refractivity contribution in [1.29, 1.82) is 0 Å². The lowest BCUT2D eigenvalue weighted by atomic mass is 10.0. The standard InChI is InChI=1S/C17H10Cl2F4N2O4/c1-6(26)24-10-5-9(25-14(12(10)19)16(28)29-2)7-3-4-8(18)11(13(7)20)15(27)17(21,22)23/h3-5H,1-2H3,(H,24,25,26). The summed E-state index contributed by atoms with van der Waals surface area (Å²) in [7, 11) is 1.01. The van der Waals surface area contributed by atoms with E-state index in [9.17, 15) is 31.9 Å². The normalized spacial score (nSPS) is 11.2. The van der Waals surface area contributed by atoms with E-state index in [1.54, 1.807) is 0 Å². The first-order chi connectivity index (χ1) is 13.4. The van der Waals surface area contributed by atoms with Crippen molar-refractivity contribution in [3.8, 4) is 11.3 Å². The van der Waals surface area contributed by atoms with E-state index in [1.807, 2.05) is 0 Å². The molecule has 0 spiro atoms. The van der Waals surface area contributed by atoms with Gasteiger partial charge in [-0.1, -0.05) is 23.2 Å². The van der Waals surface area contributed by atoms with E-state index < -0.39 is 57.2 Å². The molecule has 0 bridgehead atoms. The zero-order valence-corrected chi connectivity index (χ0v) is 16.1. The number of aromatic nitrogens is 1. The van der Waals surface area contributed by atoms with Crippen molar-refractivity contribution in [2.24, 2.45) is 0 Å². The van der Waals surface area contributed by atoms with E-state index in [2.05, 4.69) is 15.0 Å². The molecule has 6 nitrogen and oxygen atoms in total. The van der Waals surface area contributed by atoms with Crippen molar-refractivity contribution in [2.45, 2.75) is 13.1 Å². The second kappa shape index (κ2) is 8.34. The number of carbonyl (C=O) groups is 3. The molecule has 0 aliphatic heterocycles. The van der Waals surface area contributed by atoms with Crippen LogP contribution >= 0.6 is 23.2 Å². The molecule has 1 heterocycles. The maximum atomic E-state index is 14.8. The molecule has 0 aliphatic rings. The monoisotopic (exact) mass is 452 g/mol. The summed E-state index contributed by atoms with van der Waals surface area (Å²) in [5, 5.41) is 1.18. The highest BCUT2D eigenvalue weighted by Crippen LogP contribution is 2.36. The second-order valence-electron chi connectivity index (χ2n) is 5.50. The zero-order chi connectivity index (χ0) is 22.1. The quantitative estimate of drug-likeness (QED) is 0.413. The molecule has 29 heavy (non-hydrogen) atoms. The maximum Gasteiger partial charge on any atom is 0.455 e. The summed E-state index contributed by atoms with van der Waals surface area (Å²) in [5.41, 5.74) is -3.11. The summed E-state index contributed by atoms with van der Waals surface area (Å²) in [6.45, 7) is 1.12. The van der Waals surface area contributed by atoms with Gasteiger partial charge in [-0.05, 0) is 18.2 Å². The Morgan fingerprint density at radius 2 is 1.79 bits per heavy atom. The van der Waals surface area contributed by atoms with E-state index in [4.69, 9.17) is 23.2 Å². The van der Waals surface area contributed by atoms with Crippen molar-refractivity contribution in [2.75, 3.05) is 12.4 Å². The number of anilines is 1. The Kier molecular flexibility index (Phi) is 6.49. The third-order valence-corrected chi connectivity index (χ3v) is 4.20. The number of methoxy groups -OCH3 is 1. The number of Topliss-reactive ketones (excluding diaryl/α,β-unsaturated/α-hetero) is 1. The van der Waals surface area contributed by atoms with Crippen LogP contribution in [0.1, 0.15) is 27.8 Å². The zero-order valence-electron chi connectivity index (χ0n) is 14.6. The van der Waals surface area contributed by atoms with Crippen LogP contribution in [-0.2, 0) is 9.53 Å². The van der Waals surface area contributed by atoms with Gasteiger partial charge in [0.05, 0.1) is 34.1 Å². The molecule has 2 rings (SSSR count). The van der Waals surface area contributed by atoms with Gasteiger partial charge in [0.15, 0.2) is 5.69 Å². The van der Waals surface area contributed by atoms with Crippen molar-refractivity contribution in [1.82, 2.24) is 4.98 Å². The molecule has 1 aromatic heterocycles. The molecule has 1 N–H and O–H groups in total. The number of benzene rings is 1. The lowest BCUT2D eigenvalue weighted by molar-refractivity contribution is -0.114. The highest BCUT2D eigenvalue weighted by molar-refractivity contribution is 6.36. The number of nitrogens with one attached hydrogen (secondary N) is 1. The number of hydrogen-bond donors (Lipinski definition) is 1. The van der Waals surface area contributed by atoms with Gasteiger partial charge in [-0.3, -0.25) is 9.59 Å². The van der Waals surface area contributed by atoms with Gasteiger partial charge in [0, 0.05) is 12.5 Å². The smallest absolute Gasteiger partial charge is 0.455 e. The molecule has 0 fully saturated rings. The average Bonchev–Trinajstić information content (AvgIpc) is 2.61. The number of amides is 1. The van der Waals surface area contributed by atoms with Gasteiger partial charge in [0.25, 0.3) is 5.78 Å². The summed E-state index contributed by atoms with van der Waals surface area (Å²) in [5.74, 6) is -5.76. The van der Waals surface area contributed by atoms with Crippen LogP contribution in [0.3, 0.4) is 0 Å². The highest BCUT2D eigenvalue weighted by atomic mass is 35.5. The minimum atomic E-state index is -5.38. The topological polar surface area (TPSA) is 85.4 Å². The molecular formula is C17H10Cl2F4N2O4. The number of esters is 1. The van der Waals surface area contributed by atoms with Gasteiger partial charge in [-0.2, -0.15) is 13.2 Å². The molecule has 0 saturated carbocycles. The number of pyridine rings is 1. The van der Waals surface area contributed by atoms with Crippen molar-refractivity contribution < 1.29 is 36.7 Å². The number of ether oxygens (including phenoxy) is 1. The summed E-state index contributed by atoms with van der Waals surface area (Å²) in [4.78, 5) is 38.6. The fourth-order valence-electron chi connectivity index (χ4n) is 2.28. The van der Waals surface area contributed by atoms with Crippen LogP contribution in [0.2, 0.25) is 10.0 Å². The van der Waals surface area contributed by atoms with Gasteiger partial charge >= 0.3 is 12.1 Å². The predicted molar refractivity (Wildman–Crippen MR) is 95.7 cm³/mol. The van der Waals surface area contributed by atoms with Crippen molar-refractivity contribution in [3.05, 3.63) is 45.3 Å². The van der Waals surface area contributed by atoms with E-state index in [1.165, 1.54) is 0 Å². The van der Waals surface area contributed by atoms with Crippen LogP contribution in [0, 0.1) is 5.82 Å². The van der Waals surface area contributed by atoms with Crippen LogP contribution < -0.4 is 5.32 Å². The van der Waals surface area contributed by atoms with E-state index in [0.29, 0.717) is 0 Å². The van der Waals surface area contributed by atoms with Gasteiger partial charge in [0.2, 0.25) is 5.91 Å². The molecule has 12 heteroatoms. The molecule has 1 aromatic carbocycles. The number of nitrogens with zero attached hydrogens (tertiary/aromatic N) is 1. The number of alkyl halides is 3. The molecule has 0 radical (unpaired) electrons. The summed E-state index contributed by atoms with van der Waals surface area (Å²) >= 11 is 11.6. The fraction of sp³-hybridized carbons (Fsp3) is 0.176. The Labute approximate surface area is 170 Å². The van der Waals surface area contributed by atoms with Crippen molar-refractivity contribution >= 4 is 46.5 Å². The van der Waals surface area contributed by atoms with Crippen LogP contribution in [-0.4, -0.2) is 35.9 Å². The first kappa shape index (κ1) is 22.6. The number of hydrogen-bond acceptors (Lipinski definition) is 5. The van der Waals surface area contributed by atoms with Gasteiger partial charge in [-0.15, -0.1) is 0 Å². The van der Waals surface area contributed by atoms with Crippen LogP contribution in [0.4, 0.5) is 23.2 Å². The molecule has 0 saturated heterocycles. The third kappa shape index (κ3) is 4.65. The van der Waals surface area contributed by atoms with Crippen LogP contribution in [0.15, 0.2) is 18.2 Å². The summed E-state index contributed by atoms with van der Waals surface area (Å²) in [6, 6.07) is 2.84. The van der Waals surface area contributed by atoms with Gasteiger partial charge in [0.1, 0.15) is 5.82 Å². The van der Waals surface area contributed by atoms with Crippen LogP contribution in [0.25, 0.3) is 11.3 Å². The number of rotatable bonds is 4. The molecule has 0 unspecified atom stereocenters. The number of ketones is 1. The largest absolute Gasteiger partial charge is 0.464 e. The van der Waals surface area contributed by atoms with E-state index >= 15 is 0 Å². The van der Waals surface area contributed by atoms with E-state index in [0.717, 1.165) is 32.2 Å². The first-order valence-corrected chi connectivity index (χ1v) is 8.30. The number of carbonyl (C=O) groups excluding carboxylic acids is 3. The minimum absolute atomic E-state index is 0.178. The highest BCUT2D eigenvalue weighted by Gasteiger charge is 2.42. The molecular weight excluding hydrogens is 443 g/mol. The fourth-order valence-corrected chi connectivity index (χ4v) is 2.73. The second-order valence-corrected chi connectivity index (χ2v) is 6.29. The first-order valence-electron chi connectivity index (χ1n) is 7.54. The van der Waals surface area contributed by atoms with E-state index in [-0.39, 0.29) is 10.7 Å². The Morgan fingerprint density at radius 3 is 2.31 bits per heavy atom. The van der Waals surface area contributed by atoms with Crippen LogP contribution in [0.5, 0.6) is 0 Å². The maximum absolute atomic E-state index is 14.8. The lowest BCUT2D eigenvalue weighted by Crippen LogP contribution is -2.24. The molecule has 2 aromatic rings. The summed E-state index contributed by atoms with van der Waals surface area (Å²) < 4.78 is 57.7. The molecule has 0 atom stereocenters. The Bertz CT molecular complexity index is 1030. The minimum Gasteiger partial charge on any atom is -0.464 e. The third-order valence-electron chi connectivity index (χ3n) is 3.50. The predicted octanol–water partition coefficient (Wildman–Crippen LogP) is 4.68. The van der Waals surface area contributed by atoms with Crippen molar-refractivity contribution in [3.63, 3.8) is 0 Å². The van der Waals surface area contributed by atoms with Gasteiger partial charge in [-0.25, -0.2) is 14.2 Å². The Morgan fingerprint density at radius 1 is 1.17 bits per heavy atom. The van der Waals surface area contributed by atoms with Gasteiger partial charge < -0.3 is 10.1 Å². The molecule has 0 aliphatic carbocycles. The summed E-state index contributed by atoms with van der Waals surface area (Å²) in [6.07, 6.45) is -5.38. The Hall–Kier alpha value is -2.72. The Balaban J connectivity index is 2.79. The SMILES string of the molecule is COC(=O)c1nc(-c2ccc(Cl)c(C(=O)C(F)(F)F)c2F)cc(NC(C)=O)c1Cl. The lowest BCUT2D eigenvalue weighted by Gasteiger charge is -2.14. The molecule has 1 amide bonds. The average molecular weight is 453 g/mol. The number of halogens is 6. The molecule has 154 valence electrons.